The maximum Gasteiger partial charge on any atom is 0.243 e. The smallest absolute Gasteiger partial charge is 0.243 e. The van der Waals surface area contributed by atoms with E-state index in [4.69, 9.17) is 13.9 Å². The molecule has 1 saturated heterocycles. The van der Waals surface area contributed by atoms with Crippen molar-refractivity contribution in [2.75, 3.05) is 26.3 Å². The highest BCUT2D eigenvalue weighted by molar-refractivity contribution is 7.89. The van der Waals surface area contributed by atoms with Crippen LogP contribution in [0.5, 0.6) is 5.75 Å². The minimum Gasteiger partial charge on any atom is -0.484 e. The summed E-state index contributed by atoms with van der Waals surface area (Å²) in [6, 6.07) is 12.1. The Morgan fingerprint density at radius 3 is 2.41 bits per heavy atom. The van der Waals surface area contributed by atoms with E-state index in [2.05, 4.69) is 4.98 Å². The van der Waals surface area contributed by atoms with E-state index in [0.717, 1.165) is 0 Å². The molecule has 2 heterocycles. The number of ether oxygens (including phenoxy) is 2. The van der Waals surface area contributed by atoms with Gasteiger partial charge in [-0.05, 0) is 48.5 Å². The molecule has 0 atom stereocenters. The Kier molecular flexibility index (Phi) is 5.61. The minimum absolute atomic E-state index is 0.0801. The van der Waals surface area contributed by atoms with Crippen LogP contribution in [0.1, 0.15) is 5.89 Å². The summed E-state index contributed by atoms with van der Waals surface area (Å²) in [5, 5.41) is 0. The predicted molar refractivity (Wildman–Crippen MR) is 102 cm³/mol. The van der Waals surface area contributed by atoms with Gasteiger partial charge in [0.05, 0.1) is 24.3 Å². The first-order valence-corrected chi connectivity index (χ1v) is 10.5. The Hall–Kier alpha value is -2.75. The number of hydrogen-bond donors (Lipinski definition) is 0. The van der Waals surface area contributed by atoms with Crippen LogP contribution in [0.15, 0.2) is 64.0 Å². The van der Waals surface area contributed by atoms with Crippen molar-refractivity contribution in [1.82, 2.24) is 9.29 Å². The summed E-state index contributed by atoms with van der Waals surface area (Å²) in [7, 11) is -3.54. The standard InChI is InChI=1S/C20H19FN2O5S/c21-16-3-1-15(2-4-16)19-13-22-20(28-19)14-27-17-5-7-18(8-6-17)29(24,25)23-9-11-26-12-10-23/h1-8,13H,9-12,14H2. The molecule has 4 rings (SSSR count). The van der Waals surface area contributed by atoms with Crippen LogP contribution in [0.25, 0.3) is 11.3 Å². The van der Waals surface area contributed by atoms with Crippen LogP contribution in [0, 0.1) is 5.82 Å². The molecule has 1 aliphatic rings. The molecule has 0 unspecified atom stereocenters. The third-order valence-corrected chi connectivity index (χ3v) is 6.39. The lowest BCUT2D eigenvalue weighted by molar-refractivity contribution is 0.0730. The molecule has 29 heavy (non-hydrogen) atoms. The fourth-order valence-electron chi connectivity index (χ4n) is 2.91. The zero-order chi connectivity index (χ0) is 20.3. The molecular weight excluding hydrogens is 399 g/mol. The second-order valence-electron chi connectivity index (χ2n) is 6.40. The molecule has 7 nitrogen and oxygen atoms in total. The largest absolute Gasteiger partial charge is 0.484 e. The van der Waals surface area contributed by atoms with E-state index in [1.54, 1.807) is 30.5 Å². The number of rotatable bonds is 6. The monoisotopic (exact) mass is 418 g/mol. The fraction of sp³-hybridized carbons (Fsp3) is 0.250. The van der Waals surface area contributed by atoms with Gasteiger partial charge in [0.25, 0.3) is 0 Å². The number of sulfonamides is 1. The van der Waals surface area contributed by atoms with Crippen molar-refractivity contribution in [2.24, 2.45) is 0 Å². The topological polar surface area (TPSA) is 81.9 Å². The molecular formula is C20H19FN2O5S. The molecule has 9 heteroatoms. The van der Waals surface area contributed by atoms with Crippen LogP contribution in [-0.2, 0) is 21.4 Å². The van der Waals surface area contributed by atoms with Gasteiger partial charge in [-0.2, -0.15) is 4.31 Å². The molecule has 0 N–H and O–H groups in total. The van der Waals surface area contributed by atoms with E-state index >= 15 is 0 Å². The summed E-state index contributed by atoms with van der Waals surface area (Å²) in [6.07, 6.45) is 1.55. The van der Waals surface area contributed by atoms with Crippen molar-refractivity contribution in [1.29, 1.82) is 0 Å². The lowest BCUT2D eigenvalue weighted by Gasteiger charge is -2.26. The van der Waals surface area contributed by atoms with Gasteiger partial charge in [0.1, 0.15) is 11.6 Å². The predicted octanol–water partition coefficient (Wildman–Crippen LogP) is 3.08. The second kappa shape index (κ2) is 8.32. The van der Waals surface area contributed by atoms with E-state index in [-0.39, 0.29) is 17.3 Å². The molecule has 0 radical (unpaired) electrons. The molecule has 3 aromatic rings. The van der Waals surface area contributed by atoms with Gasteiger partial charge in [-0.1, -0.05) is 0 Å². The maximum atomic E-state index is 13.0. The Balaban J connectivity index is 1.39. The molecule has 1 aliphatic heterocycles. The lowest BCUT2D eigenvalue weighted by Crippen LogP contribution is -2.40. The van der Waals surface area contributed by atoms with Crippen molar-refractivity contribution in [3.63, 3.8) is 0 Å². The summed E-state index contributed by atoms with van der Waals surface area (Å²) in [5.74, 6) is 1.04. The second-order valence-corrected chi connectivity index (χ2v) is 8.34. The Labute approximate surface area is 167 Å². The maximum absolute atomic E-state index is 13.0. The summed E-state index contributed by atoms with van der Waals surface area (Å²) in [6.45, 7) is 1.58. The third-order valence-electron chi connectivity index (χ3n) is 4.48. The highest BCUT2D eigenvalue weighted by Gasteiger charge is 2.26. The number of benzene rings is 2. The van der Waals surface area contributed by atoms with Crippen LogP contribution in [0.2, 0.25) is 0 Å². The first-order valence-electron chi connectivity index (χ1n) is 9.04. The van der Waals surface area contributed by atoms with Gasteiger partial charge in [0.15, 0.2) is 12.4 Å². The fourth-order valence-corrected chi connectivity index (χ4v) is 4.32. The van der Waals surface area contributed by atoms with Gasteiger partial charge in [-0.25, -0.2) is 17.8 Å². The molecule has 0 spiro atoms. The molecule has 0 amide bonds. The van der Waals surface area contributed by atoms with Crippen LogP contribution < -0.4 is 4.74 Å². The first-order chi connectivity index (χ1) is 14.0. The first kappa shape index (κ1) is 19.6. The lowest BCUT2D eigenvalue weighted by atomic mass is 10.2. The molecule has 1 fully saturated rings. The molecule has 0 saturated carbocycles. The zero-order valence-corrected chi connectivity index (χ0v) is 16.3. The van der Waals surface area contributed by atoms with Crippen LogP contribution in [0.4, 0.5) is 4.39 Å². The van der Waals surface area contributed by atoms with Crippen molar-refractivity contribution >= 4 is 10.0 Å². The van der Waals surface area contributed by atoms with Crippen molar-refractivity contribution in [3.8, 4) is 17.1 Å². The number of nitrogens with zero attached hydrogens (tertiary/aromatic N) is 2. The van der Waals surface area contributed by atoms with Gasteiger partial charge in [0.2, 0.25) is 15.9 Å². The quantitative estimate of drug-likeness (QED) is 0.612. The Morgan fingerprint density at radius 1 is 1.03 bits per heavy atom. The third kappa shape index (κ3) is 4.47. The summed E-state index contributed by atoms with van der Waals surface area (Å²) in [4.78, 5) is 4.36. The normalized spacial score (nSPS) is 15.3. The van der Waals surface area contributed by atoms with Crippen molar-refractivity contribution in [2.45, 2.75) is 11.5 Å². The van der Waals surface area contributed by atoms with Crippen LogP contribution in [-0.4, -0.2) is 44.0 Å². The SMILES string of the molecule is O=S(=O)(c1ccc(OCc2ncc(-c3ccc(F)cc3)o2)cc1)N1CCOCC1. The average molecular weight is 418 g/mol. The van der Waals surface area contributed by atoms with Crippen LogP contribution >= 0.6 is 0 Å². The van der Waals surface area contributed by atoms with Gasteiger partial charge in [0, 0.05) is 18.7 Å². The van der Waals surface area contributed by atoms with Crippen molar-refractivity contribution in [3.05, 3.63) is 66.4 Å². The van der Waals surface area contributed by atoms with E-state index in [1.165, 1.54) is 28.6 Å². The average Bonchev–Trinajstić information content (AvgIpc) is 3.23. The molecule has 0 bridgehead atoms. The van der Waals surface area contributed by atoms with Crippen LogP contribution in [0.3, 0.4) is 0 Å². The van der Waals surface area contributed by atoms with E-state index in [0.29, 0.717) is 49.3 Å². The zero-order valence-electron chi connectivity index (χ0n) is 15.5. The molecule has 1 aromatic heterocycles. The summed E-state index contributed by atoms with van der Waals surface area (Å²) in [5.41, 5.74) is 0.711. The van der Waals surface area contributed by atoms with E-state index in [9.17, 15) is 12.8 Å². The van der Waals surface area contributed by atoms with Gasteiger partial charge >= 0.3 is 0 Å². The highest BCUT2D eigenvalue weighted by atomic mass is 32.2. The molecule has 0 aliphatic carbocycles. The highest BCUT2D eigenvalue weighted by Crippen LogP contribution is 2.23. The number of oxazole rings is 1. The number of hydrogen-bond acceptors (Lipinski definition) is 6. The molecule has 2 aromatic carbocycles. The summed E-state index contributed by atoms with van der Waals surface area (Å²) < 4.78 is 56.1. The Bertz CT molecular complexity index is 1060. The number of morpholine rings is 1. The van der Waals surface area contributed by atoms with Gasteiger partial charge < -0.3 is 13.9 Å². The Morgan fingerprint density at radius 2 is 1.72 bits per heavy atom. The van der Waals surface area contributed by atoms with E-state index < -0.39 is 10.0 Å². The van der Waals surface area contributed by atoms with E-state index in [1.807, 2.05) is 0 Å². The van der Waals surface area contributed by atoms with Gasteiger partial charge in [-0.3, -0.25) is 0 Å². The number of halogens is 1. The molecule has 152 valence electrons. The summed E-state index contributed by atoms with van der Waals surface area (Å²) >= 11 is 0. The van der Waals surface area contributed by atoms with Gasteiger partial charge in [-0.15, -0.1) is 0 Å². The minimum atomic E-state index is -3.54. The number of aromatic nitrogens is 1. The van der Waals surface area contributed by atoms with Crippen molar-refractivity contribution < 1.29 is 26.7 Å².